The van der Waals surface area contributed by atoms with Gasteiger partial charge in [0.15, 0.2) is 0 Å². The van der Waals surface area contributed by atoms with Gasteiger partial charge in [-0.1, -0.05) is 6.92 Å². The first-order chi connectivity index (χ1) is 6.83. The number of hydrogen-bond acceptors (Lipinski definition) is 3. The molecule has 0 saturated heterocycles. The summed E-state index contributed by atoms with van der Waals surface area (Å²) < 4.78 is 2.93. The van der Waals surface area contributed by atoms with Gasteiger partial charge in [0.05, 0.1) is 0 Å². The third kappa shape index (κ3) is 1.32. The van der Waals surface area contributed by atoms with Gasteiger partial charge in [-0.15, -0.1) is 0 Å². The minimum atomic E-state index is -0.156. The average molecular weight is 190 g/mol. The van der Waals surface area contributed by atoms with Gasteiger partial charge in [0, 0.05) is 31.2 Å². The largest absolute Gasteiger partial charge is 0.339 e. The minimum Gasteiger partial charge on any atom is -0.257 e. The Kier molecular flexibility index (Phi) is 2.14. The Hall–Kier alpha value is -1.91. The van der Waals surface area contributed by atoms with Gasteiger partial charge in [-0.3, -0.25) is 9.13 Å². The zero-order valence-corrected chi connectivity index (χ0v) is 7.79. The Balaban J connectivity index is 2.36. The third-order valence-electron chi connectivity index (χ3n) is 1.96. The van der Waals surface area contributed by atoms with E-state index in [1.807, 2.05) is 6.92 Å². The molecule has 0 aliphatic carbocycles. The molecule has 2 rings (SSSR count). The van der Waals surface area contributed by atoms with Crippen LogP contribution >= 0.6 is 0 Å². The lowest BCUT2D eigenvalue weighted by atomic mass is 10.4. The van der Waals surface area contributed by atoms with Crippen molar-refractivity contribution < 1.29 is 4.79 Å². The van der Waals surface area contributed by atoms with E-state index in [1.165, 1.54) is 15.5 Å². The maximum absolute atomic E-state index is 11.8. The first kappa shape index (κ1) is 8.68. The fraction of sp³-hybridized carbons (Fsp3) is 0.222. The molecule has 0 radical (unpaired) electrons. The highest BCUT2D eigenvalue weighted by Crippen LogP contribution is 2.00. The summed E-state index contributed by atoms with van der Waals surface area (Å²) in [4.78, 5) is 19.7. The van der Waals surface area contributed by atoms with Crippen LogP contribution in [0.3, 0.4) is 0 Å². The molecule has 0 bridgehead atoms. The lowest BCUT2D eigenvalue weighted by Gasteiger charge is -2.03. The predicted molar refractivity (Wildman–Crippen MR) is 50.0 cm³/mol. The summed E-state index contributed by atoms with van der Waals surface area (Å²) in [6, 6.07) is -0.156. The molecule has 2 aromatic rings. The van der Waals surface area contributed by atoms with Crippen molar-refractivity contribution in [3.05, 3.63) is 36.9 Å². The summed E-state index contributed by atoms with van der Waals surface area (Å²) in [7, 11) is 0. The van der Waals surface area contributed by atoms with Crippen LogP contribution < -0.4 is 0 Å². The Morgan fingerprint density at radius 2 is 2.29 bits per heavy atom. The molecule has 0 fully saturated rings. The number of carbonyl (C=O) groups excluding carboxylic acids is 1. The van der Waals surface area contributed by atoms with E-state index in [0.29, 0.717) is 0 Å². The molecule has 0 spiro atoms. The molecule has 5 heteroatoms. The minimum absolute atomic E-state index is 0.156. The molecule has 72 valence electrons. The van der Waals surface area contributed by atoms with Gasteiger partial charge >= 0.3 is 6.03 Å². The molecule has 14 heavy (non-hydrogen) atoms. The molecular formula is C9H10N4O. The third-order valence-corrected chi connectivity index (χ3v) is 1.96. The van der Waals surface area contributed by atoms with E-state index in [2.05, 4.69) is 9.97 Å². The number of rotatable bonds is 1. The maximum Gasteiger partial charge on any atom is 0.339 e. The van der Waals surface area contributed by atoms with Gasteiger partial charge in [-0.25, -0.2) is 14.8 Å². The topological polar surface area (TPSA) is 52.7 Å². The van der Waals surface area contributed by atoms with Crippen molar-refractivity contribution in [2.45, 2.75) is 13.3 Å². The number of imidazole rings is 2. The van der Waals surface area contributed by atoms with Crippen molar-refractivity contribution in [3.63, 3.8) is 0 Å². The van der Waals surface area contributed by atoms with Crippen molar-refractivity contribution in [1.29, 1.82) is 0 Å². The van der Waals surface area contributed by atoms with Gasteiger partial charge in [0.25, 0.3) is 0 Å². The smallest absolute Gasteiger partial charge is 0.257 e. The number of hydrogen-bond donors (Lipinski definition) is 0. The van der Waals surface area contributed by atoms with Crippen LogP contribution in [0.25, 0.3) is 0 Å². The fourth-order valence-corrected chi connectivity index (χ4v) is 1.27. The summed E-state index contributed by atoms with van der Waals surface area (Å²) in [6.07, 6.45) is 8.66. The van der Waals surface area contributed by atoms with Crippen LogP contribution in [-0.4, -0.2) is 25.1 Å². The van der Waals surface area contributed by atoms with E-state index in [-0.39, 0.29) is 6.03 Å². The molecule has 0 aliphatic rings. The van der Waals surface area contributed by atoms with Crippen molar-refractivity contribution in [1.82, 2.24) is 19.1 Å². The molecule has 0 aliphatic heterocycles. The van der Waals surface area contributed by atoms with Crippen LogP contribution in [0, 0.1) is 0 Å². The van der Waals surface area contributed by atoms with Crippen molar-refractivity contribution >= 4 is 6.03 Å². The lowest BCUT2D eigenvalue weighted by molar-refractivity contribution is 0.243. The molecule has 2 heterocycles. The Bertz CT molecular complexity index is 429. The summed E-state index contributed by atoms with van der Waals surface area (Å²) >= 11 is 0. The number of aryl methyl sites for hydroxylation is 1. The predicted octanol–water partition coefficient (Wildman–Crippen LogP) is 1.16. The van der Waals surface area contributed by atoms with Gasteiger partial charge in [0.1, 0.15) is 12.2 Å². The standard InChI is InChI=1S/C9H10N4O/c1-2-8-11-4-6-13(8)9(14)12-5-3-10-7-12/h3-7H,2H2,1H3. The summed E-state index contributed by atoms with van der Waals surface area (Å²) in [6.45, 7) is 1.96. The van der Waals surface area contributed by atoms with E-state index in [1.54, 1.807) is 24.8 Å². The Morgan fingerprint density at radius 1 is 1.43 bits per heavy atom. The Labute approximate surface area is 81.0 Å². The van der Waals surface area contributed by atoms with E-state index >= 15 is 0 Å². The van der Waals surface area contributed by atoms with Crippen LogP contribution in [0.15, 0.2) is 31.1 Å². The van der Waals surface area contributed by atoms with E-state index < -0.39 is 0 Å². The molecule has 0 amide bonds. The molecule has 0 unspecified atom stereocenters. The molecule has 0 saturated carbocycles. The lowest BCUT2D eigenvalue weighted by Crippen LogP contribution is -2.19. The van der Waals surface area contributed by atoms with E-state index in [4.69, 9.17) is 0 Å². The van der Waals surface area contributed by atoms with Crippen molar-refractivity contribution in [2.24, 2.45) is 0 Å². The molecule has 5 nitrogen and oxygen atoms in total. The van der Waals surface area contributed by atoms with Crippen molar-refractivity contribution in [3.8, 4) is 0 Å². The molecule has 0 N–H and O–H groups in total. The first-order valence-corrected chi connectivity index (χ1v) is 4.38. The van der Waals surface area contributed by atoms with Crippen LogP contribution in [0.1, 0.15) is 12.7 Å². The van der Waals surface area contributed by atoms with Crippen LogP contribution in [0.5, 0.6) is 0 Å². The first-order valence-electron chi connectivity index (χ1n) is 4.38. The fourth-order valence-electron chi connectivity index (χ4n) is 1.27. The second-order valence-electron chi connectivity index (χ2n) is 2.82. The van der Waals surface area contributed by atoms with Gasteiger partial charge < -0.3 is 0 Å². The SMILES string of the molecule is CCc1nccn1C(=O)n1ccnc1. The zero-order valence-electron chi connectivity index (χ0n) is 7.79. The summed E-state index contributed by atoms with van der Waals surface area (Å²) in [5, 5.41) is 0. The van der Waals surface area contributed by atoms with E-state index in [0.717, 1.165) is 12.2 Å². The van der Waals surface area contributed by atoms with Crippen LogP contribution in [-0.2, 0) is 6.42 Å². The van der Waals surface area contributed by atoms with Crippen LogP contribution in [0.2, 0.25) is 0 Å². The highest BCUT2D eigenvalue weighted by molar-refractivity contribution is 5.79. The number of aromatic nitrogens is 4. The van der Waals surface area contributed by atoms with Crippen molar-refractivity contribution in [2.75, 3.05) is 0 Å². The summed E-state index contributed by atoms with van der Waals surface area (Å²) in [5.74, 6) is 0.753. The molecule has 0 aromatic carbocycles. The second kappa shape index (κ2) is 3.45. The average Bonchev–Trinajstić information content (AvgIpc) is 2.87. The molecule has 2 aromatic heterocycles. The number of carbonyl (C=O) groups is 1. The quantitative estimate of drug-likeness (QED) is 0.678. The highest BCUT2D eigenvalue weighted by atomic mass is 16.2. The monoisotopic (exact) mass is 190 g/mol. The van der Waals surface area contributed by atoms with Crippen LogP contribution in [0.4, 0.5) is 4.79 Å². The summed E-state index contributed by atoms with van der Waals surface area (Å²) in [5.41, 5.74) is 0. The zero-order chi connectivity index (χ0) is 9.97. The van der Waals surface area contributed by atoms with Gasteiger partial charge in [-0.2, -0.15) is 0 Å². The second-order valence-corrected chi connectivity index (χ2v) is 2.82. The molecular weight excluding hydrogens is 180 g/mol. The normalized spacial score (nSPS) is 10.4. The van der Waals surface area contributed by atoms with E-state index in [9.17, 15) is 4.79 Å². The molecule has 0 atom stereocenters. The Morgan fingerprint density at radius 3 is 2.93 bits per heavy atom. The number of nitrogens with zero attached hydrogens (tertiary/aromatic N) is 4. The van der Waals surface area contributed by atoms with Gasteiger partial charge in [-0.05, 0) is 0 Å². The maximum atomic E-state index is 11.8. The highest BCUT2D eigenvalue weighted by Gasteiger charge is 2.09. The van der Waals surface area contributed by atoms with Gasteiger partial charge in [0.2, 0.25) is 0 Å².